The van der Waals surface area contributed by atoms with E-state index < -0.39 is 17.5 Å². The number of halogens is 3. The van der Waals surface area contributed by atoms with Crippen LogP contribution in [0.4, 0.5) is 13.2 Å². The molecule has 2 rings (SSSR count). The Morgan fingerprint density at radius 2 is 2.00 bits per heavy atom. The van der Waals surface area contributed by atoms with Crippen LogP contribution in [0.3, 0.4) is 0 Å². The van der Waals surface area contributed by atoms with Crippen LogP contribution in [0.5, 0.6) is 0 Å². The lowest BCUT2D eigenvalue weighted by Gasteiger charge is -2.08. The van der Waals surface area contributed by atoms with E-state index in [0.717, 1.165) is 6.07 Å². The van der Waals surface area contributed by atoms with Crippen molar-refractivity contribution in [3.63, 3.8) is 0 Å². The van der Waals surface area contributed by atoms with E-state index in [2.05, 4.69) is 4.98 Å². The Kier molecular flexibility index (Phi) is 3.06. The molecule has 0 amide bonds. The van der Waals surface area contributed by atoms with Gasteiger partial charge in [0, 0.05) is 24.0 Å². The molecule has 1 N–H and O–H groups in total. The lowest BCUT2D eigenvalue weighted by atomic mass is 10.2. The zero-order valence-corrected chi connectivity index (χ0v) is 9.75. The van der Waals surface area contributed by atoms with Crippen molar-refractivity contribution in [3.8, 4) is 5.69 Å². The monoisotopic (exact) mass is 258 g/mol. The van der Waals surface area contributed by atoms with Gasteiger partial charge >= 0.3 is 0 Å². The van der Waals surface area contributed by atoms with E-state index in [1.54, 1.807) is 6.20 Å². The molecule has 0 aliphatic rings. The van der Waals surface area contributed by atoms with Gasteiger partial charge in [-0.2, -0.15) is 0 Å². The van der Waals surface area contributed by atoms with Crippen molar-refractivity contribution >= 4 is 12.2 Å². The number of hydrogen-bond acceptors (Lipinski definition) is 1. The molecule has 0 unspecified atom stereocenters. The number of H-pyrrole nitrogens is 1. The number of rotatable bonds is 2. The molecular weight excluding hydrogens is 249 g/mol. The van der Waals surface area contributed by atoms with Crippen molar-refractivity contribution in [1.29, 1.82) is 0 Å². The van der Waals surface area contributed by atoms with E-state index in [4.69, 9.17) is 12.2 Å². The summed E-state index contributed by atoms with van der Waals surface area (Å²) in [6.45, 7) is 1.84. The second-order valence-electron chi connectivity index (χ2n) is 3.49. The second-order valence-corrected chi connectivity index (χ2v) is 3.88. The summed E-state index contributed by atoms with van der Waals surface area (Å²) < 4.78 is 41.3. The van der Waals surface area contributed by atoms with Crippen LogP contribution in [0.25, 0.3) is 5.69 Å². The summed E-state index contributed by atoms with van der Waals surface area (Å²) in [7, 11) is 0. The van der Waals surface area contributed by atoms with Gasteiger partial charge in [0.1, 0.15) is 5.82 Å². The number of aromatic nitrogens is 2. The van der Waals surface area contributed by atoms with Gasteiger partial charge in [-0.1, -0.05) is 6.92 Å². The maximum absolute atomic E-state index is 13.6. The van der Waals surface area contributed by atoms with Crippen LogP contribution in [-0.2, 0) is 6.42 Å². The molecule has 17 heavy (non-hydrogen) atoms. The van der Waals surface area contributed by atoms with Gasteiger partial charge in [-0.05, 0) is 18.6 Å². The van der Waals surface area contributed by atoms with Crippen molar-refractivity contribution in [3.05, 3.63) is 46.2 Å². The molecule has 0 radical (unpaired) electrons. The normalized spacial score (nSPS) is 10.8. The summed E-state index contributed by atoms with van der Waals surface area (Å²) in [6.07, 6.45) is 2.15. The van der Waals surface area contributed by atoms with Crippen LogP contribution < -0.4 is 0 Å². The first-order chi connectivity index (χ1) is 8.04. The number of imidazole rings is 1. The Labute approximate surface area is 101 Å². The molecule has 0 saturated heterocycles. The van der Waals surface area contributed by atoms with Gasteiger partial charge in [0.25, 0.3) is 0 Å². The SMILES string of the molecule is CCc1c[nH]c(=S)n1-c1cc(F)cc(F)c1F. The average Bonchev–Trinajstić information content (AvgIpc) is 2.65. The fourth-order valence-corrected chi connectivity index (χ4v) is 1.91. The van der Waals surface area contributed by atoms with E-state index in [9.17, 15) is 13.2 Å². The third-order valence-electron chi connectivity index (χ3n) is 2.43. The van der Waals surface area contributed by atoms with Crippen LogP contribution in [0.15, 0.2) is 18.3 Å². The summed E-state index contributed by atoms with van der Waals surface area (Å²) in [4.78, 5) is 2.72. The molecule has 0 atom stereocenters. The number of aryl methyl sites for hydroxylation is 1. The van der Waals surface area contributed by atoms with Crippen LogP contribution in [0.2, 0.25) is 0 Å². The molecule has 1 heterocycles. The summed E-state index contributed by atoms with van der Waals surface area (Å²) >= 11 is 4.96. The van der Waals surface area contributed by atoms with Crippen molar-refractivity contribution < 1.29 is 13.2 Å². The second kappa shape index (κ2) is 4.37. The van der Waals surface area contributed by atoms with Gasteiger partial charge in [-0.3, -0.25) is 4.57 Å². The average molecular weight is 258 g/mol. The Morgan fingerprint density at radius 3 is 2.65 bits per heavy atom. The van der Waals surface area contributed by atoms with Crippen molar-refractivity contribution in [1.82, 2.24) is 9.55 Å². The largest absolute Gasteiger partial charge is 0.337 e. The highest BCUT2D eigenvalue weighted by molar-refractivity contribution is 7.71. The van der Waals surface area contributed by atoms with Gasteiger partial charge < -0.3 is 4.98 Å². The molecule has 0 aliphatic heterocycles. The van der Waals surface area contributed by atoms with Crippen LogP contribution in [-0.4, -0.2) is 9.55 Å². The minimum atomic E-state index is -1.23. The summed E-state index contributed by atoms with van der Waals surface area (Å²) in [5, 5.41) is 0. The van der Waals surface area contributed by atoms with Crippen LogP contribution >= 0.6 is 12.2 Å². The molecule has 1 aromatic carbocycles. The molecule has 6 heteroatoms. The molecule has 2 aromatic rings. The Bertz CT molecular complexity index is 616. The fourth-order valence-electron chi connectivity index (χ4n) is 1.63. The first kappa shape index (κ1) is 11.9. The summed E-state index contributed by atoms with van der Waals surface area (Å²) in [6, 6.07) is 1.42. The molecule has 0 fully saturated rings. The molecular formula is C11H9F3N2S. The minimum Gasteiger partial charge on any atom is -0.337 e. The number of benzene rings is 1. The van der Waals surface area contributed by atoms with Crippen molar-refractivity contribution in [2.75, 3.05) is 0 Å². The van der Waals surface area contributed by atoms with Crippen LogP contribution in [0, 0.1) is 22.2 Å². The third kappa shape index (κ3) is 2.00. The van der Waals surface area contributed by atoms with Crippen molar-refractivity contribution in [2.45, 2.75) is 13.3 Å². The van der Waals surface area contributed by atoms with E-state index in [0.29, 0.717) is 18.2 Å². The first-order valence-corrected chi connectivity index (χ1v) is 5.39. The van der Waals surface area contributed by atoms with Gasteiger partial charge in [-0.15, -0.1) is 0 Å². The van der Waals surface area contributed by atoms with Crippen LogP contribution in [0.1, 0.15) is 12.6 Å². The van der Waals surface area contributed by atoms with E-state index in [1.807, 2.05) is 6.92 Å². The maximum atomic E-state index is 13.6. The zero-order valence-electron chi connectivity index (χ0n) is 8.93. The number of aromatic amines is 1. The van der Waals surface area contributed by atoms with Gasteiger partial charge in [0.05, 0.1) is 5.69 Å². The highest BCUT2D eigenvalue weighted by atomic mass is 32.1. The topological polar surface area (TPSA) is 20.7 Å². The minimum absolute atomic E-state index is 0.200. The van der Waals surface area contributed by atoms with E-state index >= 15 is 0 Å². The zero-order chi connectivity index (χ0) is 12.6. The lowest BCUT2D eigenvalue weighted by molar-refractivity contribution is 0.489. The molecule has 0 aliphatic carbocycles. The predicted molar refractivity (Wildman–Crippen MR) is 60.2 cm³/mol. The lowest BCUT2D eigenvalue weighted by Crippen LogP contribution is -2.04. The molecule has 90 valence electrons. The molecule has 0 bridgehead atoms. The standard InChI is InChI=1S/C11H9F3N2S/c1-2-7-5-15-11(17)16(7)9-4-6(12)3-8(13)10(9)14/h3-5H,2H2,1H3,(H,15,17). The quantitative estimate of drug-likeness (QED) is 0.645. The number of nitrogens with one attached hydrogen (secondary N) is 1. The smallest absolute Gasteiger partial charge is 0.183 e. The predicted octanol–water partition coefficient (Wildman–Crippen LogP) is 3.51. The molecule has 2 nitrogen and oxygen atoms in total. The highest BCUT2D eigenvalue weighted by Crippen LogP contribution is 2.21. The van der Waals surface area contributed by atoms with Gasteiger partial charge in [0.2, 0.25) is 0 Å². The summed E-state index contributed by atoms with van der Waals surface area (Å²) in [5.41, 5.74) is 0.435. The first-order valence-electron chi connectivity index (χ1n) is 4.98. The maximum Gasteiger partial charge on any atom is 0.183 e. The van der Waals surface area contributed by atoms with E-state index in [-0.39, 0.29) is 10.5 Å². The Morgan fingerprint density at radius 1 is 1.29 bits per heavy atom. The fraction of sp³-hybridized carbons (Fsp3) is 0.182. The van der Waals surface area contributed by atoms with Gasteiger partial charge in [0.15, 0.2) is 16.4 Å². The van der Waals surface area contributed by atoms with Crippen molar-refractivity contribution in [2.24, 2.45) is 0 Å². The molecule has 0 spiro atoms. The number of hydrogen-bond donors (Lipinski definition) is 1. The summed E-state index contributed by atoms with van der Waals surface area (Å²) in [5.74, 6) is -3.19. The number of nitrogens with zero attached hydrogens (tertiary/aromatic N) is 1. The van der Waals surface area contributed by atoms with Gasteiger partial charge in [-0.25, -0.2) is 13.2 Å². The third-order valence-corrected chi connectivity index (χ3v) is 2.73. The molecule has 0 saturated carbocycles. The molecule has 1 aromatic heterocycles. The highest BCUT2D eigenvalue weighted by Gasteiger charge is 2.15. The Hall–Kier alpha value is -1.56. The Balaban J connectivity index is 2.76. The van der Waals surface area contributed by atoms with E-state index in [1.165, 1.54) is 4.57 Å².